The largest absolute Gasteiger partial charge is 0.368 e. The molecule has 1 aromatic rings. The van der Waals surface area contributed by atoms with E-state index in [1.165, 1.54) is 24.8 Å². The summed E-state index contributed by atoms with van der Waals surface area (Å²) in [5, 5.41) is 3.36. The molecule has 3 nitrogen and oxygen atoms in total. The molecule has 0 heterocycles. The lowest BCUT2D eigenvalue weighted by Gasteiger charge is -2.36. The highest BCUT2D eigenvalue weighted by Gasteiger charge is 2.29. The van der Waals surface area contributed by atoms with E-state index in [0.717, 1.165) is 0 Å². The van der Waals surface area contributed by atoms with Crippen molar-refractivity contribution < 1.29 is 4.79 Å². The smallest absolute Gasteiger partial charge is 0.234 e. The minimum absolute atomic E-state index is 0.257. The predicted octanol–water partition coefficient (Wildman–Crippen LogP) is 1.99. The molecule has 1 amide bonds. The van der Waals surface area contributed by atoms with Crippen LogP contribution in [-0.2, 0) is 4.79 Å². The van der Waals surface area contributed by atoms with E-state index < -0.39 is 0 Å². The van der Waals surface area contributed by atoms with Crippen LogP contribution in [0.5, 0.6) is 0 Å². The van der Waals surface area contributed by atoms with Crippen LogP contribution >= 0.6 is 0 Å². The average Bonchev–Trinajstić information content (AvgIpc) is 2.26. The lowest BCUT2D eigenvalue weighted by atomic mass is 9.77. The summed E-state index contributed by atoms with van der Waals surface area (Å²) in [6.07, 6.45) is 3.76. The van der Waals surface area contributed by atoms with Gasteiger partial charge in [0.1, 0.15) is 0 Å². The van der Waals surface area contributed by atoms with Crippen molar-refractivity contribution in [2.75, 3.05) is 0 Å². The van der Waals surface area contributed by atoms with Gasteiger partial charge in [0.2, 0.25) is 5.91 Å². The van der Waals surface area contributed by atoms with E-state index in [9.17, 15) is 4.79 Å². The first kappa shape index (κ1) is 12.1. The number of rotatable bonds is 5. The van der Waals surface area contributed by atoms with Crippen LogP contribution < -0.4 is 11.1 Å². The van der Waals surface area contributed by atoms with Crippen molar-refractivity contribution in [3.63, 3.8) is 0 Å². The second kappa shape index (κ2) is 5.32. The third-order valence-corrected chi connectivity index (χ3v) is 3.64. The summed E-state index contributed by atoms with van der Waals surface area (Å²) in [6, 6.07) is 10.3. The zero-order chi connectivity index (χ0) is 12.3. The predicted molar refractivity (Wildman–Crippen MR) is 68.3 cm³/mol. The van der Waals surface area contributed by atoms with E-state index in [-0.39, 0.29) is 18.0 Å². The van der Waals surface area contributed by atoms with Gasteiger partial charge in [0, 0.05) is 6.04 Å². The molecule has 1 saturated carbocycles. The van der Waals surface area contributed by atoms with Gasteiger partial charge >= 0.3 is 0 Å². The summed E-state index contributed by atoms with van der Waals surface area (Å²) in [5.41, 5.74) is 6.58. The number of hydrogen-bond acceptors (Lipinski definition) is 2. The highest BCUT2D eigenvalue weighted by molar-refractivity contribution is 5.79. The normalized spacial score (nSPS) is 19.4. The highest BCUT2D eigenvalue weighted by Crippen LogP contribution is 2.37. The SMILES string of the molecule is C[C@H](N[C@@H](c1ccccc1)C1CCC1)C(N)=O. The van der Waals surface area contributed by atoms with E-state index in [1.807, 2.05) is 25.1 Å². The fourth-order valence-electron chi connectivity index (χ4n) is 2.29. The zero-order valence-electron chi connectivity index (χ0n) is 10.2. The second-order valence-corrected chi connectivity index (χ2v) is 4.87. The molecule has 1 aliphatic rings. The van der Waals surface area contributed by atoms with E-state index in [1.54, 1.807) is 0 Å². The minimum atomic E-state index is -0.287. The lowest BCUT2D eigenvalue weighted by Crippen LogP contribution is -2.44. The van der Waals surface area contributed by atoms with Gasteiger partial charge in [0.15, 0.2) is 0 Å². The number of carbonyl (C=O) groups excluding carboxylic acids is 1. The van der Waals surface area contributed by atoms with Gasteiger partial charge in [-0.05, 0) is 31.2 Å². The van der Waals surface area contributed by atoms with Crippen molar-refractivity contribution in [1.29, 1.82) is 0 Å². The number of carbonyl (C=O) groups is 1. The molecule has 3 heteroatoms. The zero-order valence-corrected chi connectivity index (χ0v) is 10.2. The van der Waals surface area contributed by atoms with E-state index >= 15 is 0 Å². The third-order valence-electron chi connectivity index (χ3n) is 3.64. The standard InChI is InChI=1S/C14H20N2O/c1-10(14(15)17)16-13(12-8-5-9-12)11-6-3-2-4-7-11/h2-4,6-7,10,12-13,16H,5,8-9H2,1H3,(H2,15,17)/t10-,13-/m0/s1. The van der Waals surface area contributed by atoms with Gasteiger partial charge in [-0.1, -0.05) is 36.8 Å². The molecular formula is C14H20N2O. The summed E-state index contributed by atoms with van der Waals surface area (Å²) in [5.74, 6) is 0.351. The third kappa shape index (κ3) is 2.86. The van der Waals surface area contributed by atoms with Crippen LogP contribution in [0.25, 0.3) is 0 Å². The van der Waals surface area contributed by atoms with E-state index in [2.05, 4.69) is 17.4 Å². The van der Waals surface area contributed by atoms with Crippen LogP contribution in [0.2, 0.25) is 0 Å². The molecule has 0 aromatic heterocycles. The first-order valence-corrected chi connectivity index (χ1v) is 6.29. The van der Waals surface area contributed by atoms with E-state index in [0.29, 0.717) is 5.92 Å². The highest BCUT2D eigenvalue weighted by atomic mass is 16.1. The molecule has 2 rings (SSSR count). The Bertz CT molecular complexity index is 373. The summed E-state index contributed by atoms with van der Waals surface area (Å²) < 4.78 is 0. The number of nitrogens with two attached hydrogens (primary N) is 1. The fourth-order valence-corrected chi connectivity index (χ4v) is 2.29. The summed E-state index contributed by atoms with van der Waals surface area (Å²) >= 11 is 0. The van der Waals surface area contributed by atoms with Gasteiger partial charge in [-0.3, -0.25) is 10.1 Å². The van der Waals surface area contributed by atoms with Crippen molar-refractivity contribution in [3.05, 3.63) is 35.9 Å². The second-order valence-electron chi connectivity index (χ2n) is 4.87. The summed E-state index contributed by atoms with van der Waals surface area (Å²) in [7, 11) is 0. The Kier molecular flexibility index (Phi) is 3.79. The molecule has 0 spiro atoms. The summed E-state index contributed by atoms with van der Waals surface area (Å²) in [6.45, 7) is 1.83. The molecule has 1 aliphatic carbocycles. The number of amides is 1. The Morgan fingerprint density at radius 2 is 2.00 bits per heavy atom. The number of primary amides is 1. The number of hydrogen-bond donors (Lipinski definition) is 2. The minimum Gasteiger partial charge on any atom is -0.368 e. The van der Waals surface area contributed by atoms with Crippen molar-refractivity contribution in [1.82, 2.24) is 5.32 Å². The van der Waals surface area contributed by atoms with E-state index in [4.69, 9.17) is 5.73 Å². The van der Waals surface area contributed by atoms with Crippen LogP contribution in [0.3, 0.4) is 0 Å². The Labute approximate surface area is 102 Å². The molecule has 0 bridgehead atoms. The molecule has 0 saturated heterocycles. The lowest BCUT2D eigenvalue weighted by molar-refractivity contribution is -0.120. The number of nitrogens with one attached hydrogen (secondary N) is 1. The summed E-state index contributed by atoms with van der Waals surface area (Å²) in [4.78, 5) is 11.2. The fraction of sp³-hybridized carbons (Fsp3) is 0.500. The Morgan fingerprint density at radius 1 is 1.35 bits per heavy atom. The average molecular weight is 232 g/mol. The van der Waals surface area contributed by atoms with Crippen molar-refractivity contribution in [2.24, 2.45) is 11.7 Å². The van der Waals surface area contributed by atoms with Crippen molar-refractivity contribution in [3.8, 4) is 0 Å². The monoisotopic (exact) mass is 232 g/mol. The topological polar surface area (TPSA) is 55.1 Å². The van der Waals surface area contributed by atoms with Gasteiger partial charge in [-0.2, -0.15) is 0 Å². The van der Waals surface area contributed by atoms with Crippen molar-refractivity contribution in [2.45, 2.75) is 38.3 Å². The maximum absolute atomic E-state index is 11.2. The van der Waals surface area contributed by atoms with Crippen LogP contribution in [0.15, 0.2) is 30.3 Å². The molecule has 92 valence electrons. The van der Waals surface area contributed by atoms with Crippen LogP contribution in [0.1, 0.15) is 37.8 Å². The molecule has 0 radical (unpaired) electrons. The van der Waals surface area contributed by atoms with Gasteiger partial charge in [0.25, 0.3) is 0 Å². The Balaban J connectivity index is 2.11. The molecule has 2 atom stereocenters. The molecule has 0 unspecified atom stereocenters. The van der Waals surface area contributed by atoms with Crippen LogP contribution in [-0.4, -0.2) is 11.9 Å². The van der Waals surface area contributed by atoms with Gasteiger partial charge in [-0.15, -0.1) is 0 Å². The van der Waals surface area contributed by atoms with Gasteiger partial charge < -0.3 is 5.73 Å². The first-order valence-electron chi connectivity index (χ1n) is 6.29. The molecule has 1 aromatic carbocycles. The molecular weight excluding hydrogens is 212 g/mol. The maximum Gasteiger partial charge on any atom is 0.234 e. The molecule has 3 N–H and O–H groups in total. The van der Waals surface area contributed by atoms with Crippen molar-refractivity contribution >= 4 is 5.91 Å². The van der Waals surface area contributed by atoms with Crippen LogP contribution in [0.4, 0.5) is 0 Å². The molecule has 17 heavy (non-hydrogen) atoms. The first-order chi connectivity index (χ1) is 8.18. The number of benzene rings is 1. The van der Waals surface area contributed by atoms with Gasteiger partial charge in [-0.25, -0.2) is 0 Å². The maximum atomic E-state index is 11.2. The van der Waals surface area contributed by atoms with Gasteiger partial charge in [0.05, 0.1) is 6.04 Å². The molecule has 0 aliphatic heterocycles. The Morgan fingerprint density at radius 3 is 2.47 bits per heavy atom. The van der Waals surface area contributed by atoms with Crippen LogP contribution in [0, 0.1) is 5.92 Å². The molecule has 1 fully saturated rings. The quantitative estimate of drug-likeness (QED) is 0.815. The Hall–Kier alpha value is -1.35.